The van der Waals surface area contributed by atoms with Crippen LogP contribution in [0.5, 0.6) is 0 Å². The number of carbonyl (C=O) groups is 2. The topological polar surface area (TPSA) is 99.4 Å². The van der Waals surface area contributed by atoms with Crippen LogP contribution in [-0.2, 0) is 18.1 Å². The maximum Gasteiger partial charge on any atom is 0.341 e. The molecule has 8 nitrogen and oxygen atoms in total. The molecule has 1 N–H and O–H groups in total. The molecule has 1 heterocycles. The number of hydrogen-bond acceptors (Lipinski definition) is 5. The largest absolute Gasteiger partial charge is 0.356 e. The number of nitrogens with one attached hydrogen (secondary N) is 1. The first-order valence-corrected chi connectivity index (χ1v) is 8.83. The van der Waals surface area contributed by atoms with E-state index in [0.29, 0.717) is 4.57 Å². The Labute approximate surface area is 166 Å². The molecule has 0 aliphatic heterocycles. The highest BCUT2D eigenvalue weighted by Gasteiger charge is 2.22. The lowest BCUT2D eigenvalue weighted by atomic mass is 10.1. The summed E-state index contributed by atoms with van der Waals surface area (Å²) in [5.41, 5.74) is -0.887. The van der Waals surface area contributed by atoms with E-state index in [0.717, 1.165) is 16.2 Å². The van der Waals surface area contributed by atoms with Crippen molar-refractivity contribution in [2.75, 3.05) is 7.05 Å². The van der Waals surface area contributed by atoms with Gasteiger partial charge in [-0.1, -0.05) is 60.7 Å². The van der Waals surface area contributed by atoms with Crippen LogP contribution in [0.1, 0.15) is 21.6 Å². The Morgan fingerprint density at radius 3 is 2.21 bits per heavy atom. The number of aromatic nitrogens is 2. The second-order valence-electron chi connectivity index (χ2n) is 6.13. The van der Waals surface area contributed by atoms with E-state index in [9.17, 15) is 19.2 Å². The maximum atomic E-state index is 12.8. The minimum absolute atomic E-state index is 0.178. The van der Waals surface area contributed by atoms with Crippen molar-refractivity contribution in [2.24, 2.45) is 0 Å². The monoisotopic (exact) mass is 393 g/mol. The van der Waals surface area contributed by atoms with Gasteiger partial charge in [0.05, 0.1) is 6.61 Å². The first-order valence-electron chi connectivity index (χ1n) is 8.83. The summed E-state index contributed by atoms with van der Waals surface area (Å²) >= 11 is 0. The van der Waals surface area contributed by atoms with Gasteiger partial charge in [-0.05, 0) is 5.56 Å². The molecule has 3 aromatic rings. The zero-order chi connectivity index (χ0) is 20.8. The summed E-state index contributed by atoms with van der Waals surface area (Å²) in [6.45, 7) is -0.180. The van der Waals surface area contributed by atoms with E-state index in [1.54, 1.807) is 18.2 Å². The van der Waals surface area contributed by atoms with Crippen molar-refractivity contribution in [3.05, 3.63) is 104 Å². The van der Waals surface area contributed by atoms with Crippen molar-refractivity contribution in [2.45, 2.75) is 13.3 Å². The Morgan fingerprint density at radius 1 is 0.966 bits per heavy atom. The van der Waals surface area contributed by atoms with Crippen LogP contribution in [0.2, 0.25) is 0 Å². The lowest BCUT2D eigenvalue weighted by Gasteiger charge is -2.13. The van der Waals surface area contributed by atoms with Crippen LogP contribution >= 0.6 is 0 Å². The molecule has 0 saturated carbocycles. The molecule has 0 radical (unpaired) electrons. The number of hydrogen-bond donors (Lipinski definition) is 1. The Morgan fingerprint density at radius 2 is 1.59 bits per heavy atom. The fraction of sp³-hybridized carbons (Fsp3) is 0.143. The summed E-state index contributed by atoms with van der Waals surface area (Å²) in [4.78, 5) is 50.4. The standard InChI is InChI=1S/C21H19N3O5/c1-22-20(27)24-17(19(26)16-10-6-3-7-11-16)12-18(25)23(21(24)28)14-29-13-15-8-4-2-5-9-15/h2-12H,13-14H2,1H3,(H,22,27). The van der Waals surface area contributed by atoms with Crippen LogP contribution < -0.4 is 16.6 Å². The van der Waals surface area contributed by atoms with Gasteiger partial charge in [-0.3, -0.25) is 9.59 Å². The number of carbonyl (C=O) groups excluding carboxylic acids is 2. The Bertz CT molecular complexity index is 1130. The van der Waals surface area contributed by atoms with E-state index >= 15 is 0 Å². The first-order chi connectivity index (χ1) is 14.0. The molecule has 1 aromatic heterocycles. The van der Waals surface area contributed by atoms with Gasteiger partial charge in [-0.2, -0.15) is 0 Å². The van der Waals surface area contributed by atoms with Gasteiger partial charge < -0.3 is 10.1 Å². The van der Waals surface area contributed by atoms with E-state index in [-0.39, 0.29) is 24.6 Å². The summed E-state index contributed by atoms with van der Waals surface area (Å²) in [6.07, 6.45) is 0. The van der Waals surface area contributed by atoms with Crippen molar-refractivity contribution in [3.8, 4) is 0 Å². The third kappa shape index (κ3) is 4.39. The van der Waals surface area contributed by atoms with Gasteiger partial charge in [-0.15, -0.1) is 0 Å². The van der Waals surface area contributed by atoms with Gasteiger partial charge in [0.2, 0.25) is 5.78 Å². The molecule has 0 bridgehead atoms. The quantitative estimate of drug-likeness (QED) is 0.642. The number of ether oxygens (including phenoxy) is 1. The SMILES string of the molecule is CNC(=O)n1c(C(=O)c2ccccc2)cc(=O)n(COCc2ccccc2)c1=O. The third-order valence-corrected chi connectivity index (χ3v) is 4.21. The predicted octanol–water partition coefficient (Wildman–Crippen LogP) is 1.60. The molecule has 29 heavy (non-hydrogen) atoms. The van der Waals surface area contributed by atoms with Crippen molar-refractivity contribution in [1.29, 1.82) is 0 Å². The molecule has 0 aliphatic rings. The van der Waals surface area contributed by atoms with Gasteiger partial charge in [0.25, 0.3) is 5.56 Å². The van der Waals surface area contributed by atoms with Gasteiger partial charge in [0.1, 0.15) is 12.4 Å². The molecule has 8 heteroatoms. The van der Waals surface area contributed by atoms with E-state index in [1.807, 2.05) is 30.3 Å². The third-order valence-electron chi connectivity index (χ3n) is 4.21. The molecule has 0 atom stereocenters. The van der Waals surface area contributed by atoms with E-state index in [1.165, 1.54) is 19.2 Å². The van der Waals surface area contributed by atoms with E-state index in [4.69, 9.17) is 4.74 Å². The lowest BCUT2D eigenvalue weighted by molar-refractivity contribution is 0.0580. The zero-order valence-electron chi connectivity index (χ0n) is 15.7. The van der Waals surface area contributed by atoms with Crippen molar-refractivity contribution < 1.29 is 14.3 Å². The molecule has 0 fully saturated rings. The number of nitrogens with zero attached hydrogens (tertiary/aromatic N) is 2. The average molecular weight is 393 g/mol. The fourth-order valence-corrected chi connectivity index (χ4v) is 2.74. The minimum atomic E-state index is -0.954. The van der Waals surface area contributed by atoms with E-state index in [2.05, 4.69) is 5.32 Å². The maximum absolute atomic E-state index is 12.8. The molecule has 0 spiro atoms. The van der Waals surface area contributed by atoms with E-state index < -0.39 is 23.1 Å². The smallest absolute Gasteiger partial charge is 0.341 e. The first kappa shape index (κ1) is 20.0. The van der Waals surface area contributed by atoms with Crippen LogP contribution in [0.25, 0.3) is 0 Å². The molecule has 0 unspecified atom stereocenters. The van der Waals surface area contributed by atoms with Crippen molar-refractivity contribution >= 4 is 11.8 Å². The highest BCUT2D eigenvalue weighted by atomic mass is 16.5. The molecule has 3 rings (SSSR count). The molecule has 148 valence electrons. The minimum Gasteiger partial charge on any atom is -0.356 e. The Kier molecular flexibility index (Phi) is 6.16. The molecule has 2 aromatic carbocycles. The van der Waals surface area contributed by atoms with Crippen LogP contribution in [0, 0.1) is 0 Å². The molecular formula is C21H19N3O5. The van der Waals surface area contributed by atoms with Crippen LogP contribution in [0.4, 0.5) is 4.79 Å². The summed E-state index contributed by atoms with van der Waals surface area (Å²) in [6, 6.07) is 17.5. The molecule has 1 amide bonds. The number of rotatable bonds is 6. The van der Waals surface area contributed by atoms with Gasteiger partial charge >= 0.3 is 11.7 Å². The van der Waals surface area contributed by atoms with Crippen molar-refractivity contribution in [1.82, 2.24) is 14.5 Å². The highest BCUT2D eigenvalue weighted by Crippen LogP contribution is 2.07. The molecule has 0 saturated heterocycles. The molecule has 0 aliphatic carbocycles. The highest BCUT2D eigenvalue weighted by molar-refractivity contribution is 6.09. The van der Waals surface area contributed by atoms with Crippen molar-refractivity contribution in [3.63, 3.8) is 0 Å². The number of ketones is 1. The zero-order valence-corrected chi connectivity index (χ0v) is 15.7. The normalized spacial score (nSPS) is 10.5. The molecular weight excluding hydrogens is 374 g/mol. The number of benzene rings is 2. The summed E-state index contributed by atoms with van der Waals surface area (Å²) in [5.74, 6) is -0.610. The summed E-state index contributed by atoms with van der Waals surface area (Å²) in [5, 5.41) is 2.31. The second kappa shape index (κ2) is 8.94. The van der Waals surface area contributed by atoms with Crippen LogP contribution in [0.15, 0.2) is 76.3 Å². The van der Waals surface area contributed by atoms with Crippen LogP contribution in [0.3, 0.4) is 0 Å². The average Bonchev–Trinajstić information content (AvgIpc) is 2.76. The lowest BCUT2D eigenvalue weighted by Crippen LogP contribution is -2.47. The fourth-order valence-electron chi connectivity index (χ4n) is 2.74. The predicted molar refractivity (Wildman–Crippen MR) is 106 cm³/mol. The van der Waals surface area contributed by atoms with Gasteiger partial charge in [0.15, 0.2) is 0 Å². The van der Waals surface area contributed by atoms with Gasteiger partial charge in [0, 0.05) is 18.7 Å². The van der Waals surface area contributed by atoms with Gasteiger partial charge in [-0.25, -0.2) is 18.7 Å². The van der Waals surface area contributed by atoms with Crippen LogP contribution in [-0.4, -0.2) is 28.0 Å². The Balaban J connectivity index is 1.97. The second-order valence-corrected chi connectivity index (χ2v) is 6.13. The Hall–Kier alpha value is -3.78. The summed E-state index contributed by atoms with van der Waals surface area (Å²) in [7, 11) is 1.33. The summed E-state index contributed by atoms with van der Waals surface area (Å²) < 4.78 is 6.86. The number of amides is 1.